The fourth-order valence-corrected chi connectivity index (χ4v) is 3.38. The van der Waals surface area contributed by atoms with E-state index in [1.165, 1.54) is 0 Å². The van der Waals surface area contributed by atoms with E-state index in [1.54, 1.807) is 4.57 Å². The fraction of sp³-hybridized carbons (Fsp3) is 0.300. The molecule has 130 valence electrons. The summed E-state index contributed by atoms with van der Waals surface area (Å²) < 4.78 is 1.73. The summed E-state index contributed by atoms with van der Waals surface area (Å²) in [4.78, 5) is 18.1. The van der Waals surface area contributed by atoms with Crippen molar-refractivity contribution in [3.63, 3.8) is 0 Å². The summed E-state index contributed by atoms with van der Waals surface area (Å²) in [5.74, 6) is 0.735. The van der Waals surface area contributed by atoms with E-state index in [9.17, 15) is 4.79 Å². The molecule has 0 fully saturated rings. The van der Waals surface area contributed by atoms with Crippen LogP contribution in [0.15, 0.2) is 47.3 Å². The van der Waals surface area contributed by atoms with Crippen molar-refractivity contribution in [2.45, 2.75) is 33.2 Å². The van der Waals surface area contributed by atoms with Gasteiger partial charge in [0.25, 0.3) is 5.56 Å². The molecule has 0 amide bonds. The number of aryl methyl sites for hydroxylation is 1. The Balaban J connectivity index is 2.38. The van der Waals surface area contributed by atoms with Crippen LogP contribution in [0.5, 0.6) is 0 Å². The van der Waals surface area contributed by atoms with Crippen molar-refractivity contribution in [1.29, 1.82) is 0 Å². The minimum atomic E-state index is -0.0534. The second-order valence-electron chi connectivity index (χ2n) is 6.08. The van der Waals surface area contributed by atoms with Crippen molar-refractivity contribution in [2.75, 3.05) is 6.54 Å². The number of benzene rings is 2. The van der Waals surface area contributed by atoms with Gasteiger partial charge in [0.15, 0.2) is 0 Å². The topological polar surface area (TPSA) is 46.9 Å². The molecule has 5 heteroatoms. The summed E-state index contributed by atoms with van der Waals surface area (Å²) in [7, 11) is 0. The number of aromatic nitrogens is 2. The van der Waals surface area contributed by atoms with Crippen LogP contribution in [0.4, 0.5) is 0 Å². The fourth-order valence-electron chi connectivity index (χ4n) is 3.15. The van der Waals surface area contributed by atoms with Crippen molar-refractivity contribution < 1.29 is 0 Å². The summed E-state index contributed by atoms with van der Waals surface area (Å²) in [6.45, 7) is 6.91. The predicted octanol–water partition coefficient (Wildman–Crippen LogP) is 4.41. The normalized spacial score (nSPS) is 12.5. The Morgan fingerprint density at radius 3 is 2.64 bits per heavy atom. The Morgan fingerprint density at radius 1 is 1.20 bits per heavy atom. The van der Waals surface area contributed by atoms with Gasteiger partial charge in [0.2, 0.25) is 0 Å². The zero-order valence-corrected chi connectivity index (χ0v) is 15.5. The van der Waals surface area contributed by atoms with Crippen molar-refractivity contribution >= 4 is 22.5 Å². The number of nitrogens with zero attached hydrogens (tertiary/aromatic N) is 2. The van der Waals surface area contributed by atoms with Gasteiger partial charge >= 0.3 is 0 Å². The van der Waals surface area contributed by atoms with Gasteiger partial charge in [-0.15, -0.1) is 0 Å². The number of para-hydroxylation sites is 1. The van der Waals surface area contributed by atoms with Crippen LogP contribution in [0.25, 0.3) is 16.6 Å². The van der Waals surface area contributed by atoms with Gasteiger partial charge in [-0.3, -0.25) is 9.36 Å². The molecule has 3 rings (SSSR count). The van der Waals surface area contributed by atoms with Gasteiger partial charge in [0.1, 0.15) is 5.82 Å². The van der Waals surface area contributed by atoms with Crippen molar-refractivity contribution in [1.82, 2.24) is 14.9 Å². The number of nitrogens with one attached hydrogen (secondary N) is 1. The molecule has 0 aliphatic rings. The summed E-state index contributed by atoms with van der Waals surface area (Å²) in [5.41, 5.74) is 2.43. The highest BCUT2D eigenvalue weighted by molar-refractivity contribution is 6.30. The monoisotopic (exact) mass is 355 g/mol. The maximum Gasteiger partial charge on any atom is 0.266 e. The predicted molar refractivity (Wildman–Crippen MR) is 104 cm³/mol. The molecule has 0 radical (unpaired) electrons. The summed E-state index contributed by atoms with van der Waals surface area (Å²) >= 11 is 6.10. The first-order valence-corrected chi connectivity index (χ1v) is 8.96. The zero-order chi connectivity index (χ0) is 18.0. The van der Waals surface area contributed by atoms with Crippen LogP contribution in [-0.2, 0) is 0 Å². The second kappa shape index (κ2) is 7.38. The van der Waals surface area contributed by atoms with Crippen molar-refractivity contribution in [3.05, 3.63) is 69.2 Å². The molecule has 0 saturated heterocycles. The first kappa shape index (κ1) is 17.6. The molecule has 0 saturated carbocycles. The molecule has 2 aromatic carbocycles. The SMILES string of the molecule is CCNC(CC)c1nc2ccccc2c(=O)n1-c1ccc(Cl)cc1C. The second-order valence-corrected chi connectivity index (χ2v) is 6.51. The van der Waals surface area contributed by atoms with E-state index >= 15 is 0 Å². The maximum absolute atomic E-state index is 13.3. The van der Waals surface area contributed by atoms with E-state index in [4.69, 9.17) is 16.6 Å². The van der Waals surface area contributed by atoms with Gasteiger partial charge in [-0.05, 0) is 55.8 Å². The molecule has 0 aliphatic carbocycles. The quantitative estimate of drug-likeness (QED) is 0.737. The first-order chi connectivity index (χ1) is 12.1. The van der Waals surface area contributed by atoms with Gasteiger partial charge in [0, 0.05) is 5.02 Å². The van der Waals surface area contributed by atoms with Gasteiger partial charge in [-0.25, -0.2) is 4.98 Å². The smallest absolute Gasteiger partial charge is 0.266 e. The molecule has 4 nitrogen and oxygen atoms in total. The number of halogens is 1. The van der Waals surface area contributed by atoms with Crippen LogP contribution in [0.1, 0.15) is 37.7 Å². The third kappa shape index (κ3) is 3.32. The van der Waals surface area contributed by atoms with Crippen LogP contribution in [0.3, 0.4) is 0 Å². The highest BCUT2D eigenvalue weighted by Crippen LogP contribution is 2.24. The third-order valence-electron chi connectivity index (χ3n) is 4.37. The van der Waals surface area contributed by atoms with E-state index in [1.807, 2.05) is 49.4 Å². The third-order valence-corrected chi connectivity index (χ3v) is 4.61. The van der Waals surface area contributed by atoms with Gasteiger partial charge in [0.05, 0.1) is 22.6 Å². The van der Waals surface area contributed by atoms with Gasteiger partial charge in [-0.2, -0.15) is 0 Å². The average Bonchev–Trinajstić information content (AvgIpc) is 2.60. The first-order valence-electron chi connectivity index (χ1n) is 8.58. The Hall–Kier alpha value is -2.17. The Morgan fingerprint density at radius 2 is 1.96 bits per heavy atom. The molecule has 25 heavy (non-hydrogen) atoms. The highest BCUT2D eigenvalue weighted by atomic mass is 35.5. The molecule has 1 aromatic heterocycles. The standard InChI is InChI=1S/C20H22ClN3O/c1-4-16(22-5-2)19-23-17-9-7-6-8-15(17)20(25)24(19)18-11-10-14(21)12-13(18)3/h6-12,16,22H,4-5H2,1-3H3. The minimum Gasteiger partial charge on any atom is -0.308 e. The molecular formula is C20H22ClN3O. The summed E-state index contributed by atoms with van der Waals surface area (Å²) in [6.07, 6.45) is 0.839. The Kier molecular flexibility index (Phi) is 5.21. The molecule has 1 atom stereocenters. The molecule has 1 heterocycles. The number of hydrogen-bond acceptors (Lipinski definition) is 3. The van der Waals surface area contributed by atoms with Gasteiger partial charge in [-0.1, -0.05) is 37.6 Å². The summed E-state index contributed by atoms with van der Waals surface area (Å²) in [5, 5.41) is 4.71. The van der Waals surface area contributed by atoms with E-state index in [0.29, 0.717) is 10.4 Å². The number of hydrogen-bond donors (Lipinski definition) is 1. The molecule has 1 N–H and O–H groups in total. The summed E-state index contributed by atoms with van der Waals surface area (Å²) in [6, 6.07) is 13.0. The molecular weight excluding hydrogens is 334 g/mol. The lowest BCUT2D eigenvalue weighted by atomic mass is 10.1. The Bertz CT molecular complexity index is 965. The van der Waals surface area contributed by atoms with Crippen LogP contribution in [0, 0.1) is 6.92 Å². The van der Waals surface area contributed by atoms with Crippen LogP contribution in [0.2, 0.25) is 5.02 Å². The lowest BCUT2D eigenvalue weighted by Crippen LogP contribution is -2.31. The highest BCUT2D eigenvalue weighted by Gasteiger charge is 2.20. The lowest BCUT2D eigenvalue weighted by Gasteiger charge is -2.22. The molecule has 0 aliphatic heterocycles. The van der Waals surface area contributed by atoms with E-state index in [2.05, 4.69) is 19.2 Å². The minimum absolute atomic E-state index is 0.00242. The van der Waals surface area contributed by atoms with Crippen LogP contribution in [-0.4, -0.2) is 16.1 Å². The maximum atomic E-state index is 13.3. The molecule has 0 spiro atoms. The van der Waals surface area contributed by atoms with Crippen LogP contribution >= 0.6 is 11.6 Å². The molecule has 1 unspecified atom stereocenters. The zero-order valence-electron chi connectivity index (χ0n) is 14.7. The molecule has 0 bridgehead atoms. The lowest BCUT2D eigenvalue weighted by molar-refractivity contribution is 0.498. The van der Waals surface area contributed by atoms with Crippen molar-refractivity contribution in [3.8, 4) is 5.69 Å². The van der Waals surface area contributed by atoms with E-state index in [0.717, 1.165) is 35.6 Å². The number of fused-ring (bicyclic) bond motifs is 1. The average molecular weight is 356 g/mol. The van der Waals surface area contributed by atoms with Gasteiger partial charge < -0.3 is 5.32 Å². The molecule has 3 aromatic rings. The van der Waals surface area contributed by atoms with E-state index in [-0.39, 0.29) is 11.6 Å². The van der Waals surface area contributed by atoms with E-state index < -0.39 is 0 Å². The van der Waals surface area contributed by atoms with Crippen molar-refractivity contribution in [2.24, 2.45) is 0 Å². The number of rotatable bonds is 5. The Labute approximate surface area is 152 Å². The van der Waals surface area contributed by atoms with Crippen LogP contribution < -0.4 is 10.9 Å². The largest absolute Gasteiger partial charge is 0.308 e.